The maximum atomic E-state index is 12.6. The zero-order valence-electron chi connectivity index (χ0n) is 7.52. The van der Waals surface area contributed by atoms with Crippen LogP contribution < -0.4 is 0 Å². The standard InChI is InChI=1S/C8H5BrClF3O2S/c9-4-2-5(16-7(4)10)3(1-6(14)15)8(11,12)13/h2-3H,1H2,(H,14,15). The third kappa shape index (κ3) is 3.36. The van der Waals surface area contributed by atoms with Gasteiger partial charge in [-0.15, -0.1) is 11.3 Å². The van der Waals surface area contributed by atoms with E-state index in [1.165, 1.54) is 6.07 Å². The molecule has 16 heavy (non-hydrogen) atoms. The molecule has 0 aromatic carbocycles. The topological polar surface area (TPSA) is 37.3 Å². The Hall–Kier alpha value is -0.270. The minimum Gasteiger partial charge on any atom is -0.481 e. The fraction of sp³-hybridized carbons (Fsp3) is 0.375. The van der Waals surface area contributed by atoms with Crippen molar-refractivity contribution in [1.82, 2.24) is 0 Å². The molecule has 90 valence electrons. The molecule has 1 aromatic heterocycles. The molecule has 0 amide bonds. The van der Waals surface area contributed by atoms with Crippen molar-refractivity contribution in [3.63, 3.8) is 0 Å². The normalized spacial score (nSPS) is 13.8. The number of alkyl halides is 3. The quantitative estimate of drug-likeness (QED) is 0.893. The van der Waals surface area contributed by atoms with Crippen LogP contribution in [0.1, 0.15) is 17.2 Å². The molecule has 2 nitrogen and oxygen atoms in total. The molecule has 1 atom stereocenters. The van der Waals surface area contributed by atoms with E-state index >= 15 is 0 Å². The van der Waals surface area contributed by atoms with Crippen LogP contribution in [0.15, 0.2) is 10.5 Å². The molecule has 1 rings (SSSR count). The lowest BCUT2D eigenvalue weighted by atomic mass is 10.0. The van der Waals surface area contributed by atoms with Gasteiger partial charge in [0.2, 0.25) is 0 Å². The van der Waals surface area contributed by atoms with E-state index in [1.807, 2.05) is 0 Å². The fourth-order valence-corrected chi connectivity index (χ4v) is 2.95. The number of carbonyl (C=O) groups is 1. The second-order valence-electron chi connectivity index (χ2n) is 2.96. The molecule has 0 aliphatic rings. The Bertz CT molecular complexity index is 385. The molecule has 0 saturated heterocycles. The minimum absolute atomic E-state index is 0.105. The molecule has 0 radical (unpaired) electrons. The van der Waals surface area contributed by atoms with E-state index < -0.39 is 24.5 Å². The molecule has 0 aliphatic carbocycles. The summed E-state index contributed by atoms with van der Waals surface area (Å²) in [6, 6.07) is 1.20. The molecule has 0 aliphatic heterocycles. The Morgan fingerprint density at radius 2 is 2.19 bits per heavy atom. The van der Waals surface area contributed by atoms with E-state index in [4.69, 9.17) is 16.7 Å². The molecule has 0 saturated carbocycles. The van der Waals surface area contributed by atoms with E-state index in [0.29, 0.717) is 4.47 Å². The van der Waals surface area contributed by atoms with Gasteiger partial charge in [-0.1, -0.05) is 11.6 Å². The van der Waals surface area contributed by atoms with Crippen LogP contribution >= 0.6 is 38.9 Å². The Morgan fingerprint density at radius 3 is 2.50 bits per heavy atom. The molecule has 1 N–H and O–H groups in total. The fourth-order valence-electron chi connectivity index (χ4n) is 1.09. The predicted molar refractivity (Wildman–Crippen MR) is 58.1 cm³/mol. The first-order chi connectivity index (χ1) is 7.21. The molecule has 0 fully saturated rings. The molecule has 0 bridgehead atoms. The Morgan fingerprint density at radius 1 is 1.62 bits per heavy atom. The van der Waals surface area contributed by atoms with Crippen molar-refractivity contribution < 1.29 is 23.1 Å². The summed E-state index contributed by atoms with van der Waals surface area (Å²) in [7, 11) is 0. The summed E-state index contributed by atoms with van der Waals surface area (Å²) in [6.45, 7) is 0. The van der Waals surface area contributed by atoms with Gasteiger partial charge < -0.3 is 5.11 Å². The maximum absolute atomic E-state index is 12.6. The number of aliphatic carboxylic acids is 1. The molecule has 0 spiro atoms. The summed E-state index contributed by atoms with van der Waals surface area (Å²) in [5, 5.41) is 8.44. The number of carboxylic acid groups (broad SMARTS) is 1. The van der Waals surface area contributed by atoms with Gasteiger partial charge in [0.05, 0.1) is 12.3 Å². The first kappa shape index (κ1) is 13.8. The van der Waals surface area contributed by atoms with Gasteiger partial charge >= 0.3 is 12.1 Å². The summed E-state index contributed by atoms with van der Waals surface area (Å²) >= 11 is 9.32. The first-order valence-electron chi connectivity index (χ1n) is 3.95. The number of halogens is 5. The Balaban J connectivity index is 3.06. The lowest BCUT2D eigenvalue weighted by Crippen LogP contribution is -2.22. The number of hydrogen-bond donors (Lipinski definition) is 1. The van der Waals surface area contributed by atoms with Crippen molar-refractivity contribution in [2.24, 2.45) is 0 Å². The monoisotopic (exact) mass is 336 g/mol. The van der Waals surface area contributed by atoms with E-state index in [1.54, 1.807) is 0 Å². The smallest absolute Gasteiger partial charge is 0.397 e. The highest BCUT2D eigenvalue weighted by Gasteiger charge is 2.43. The summed E-state index contributed by atoms with van der Waals surface area (Å²) in [5.74, 6) is -3.51. The molecule has 1 heterocycles. The van der Waals surface area contributed by atoms with E-state index in [2.05, 4.69) is 15.9 Å². The number of thiophene rings is 1. The van der Waals surface area contributed by atoms with E-state index in [-0.39, 0.29) is 9.21 Å². The number of rotatable bonds is 3. The Labute approximate surface area is 106 Å². The van der Waals surface area contributed by atoms with Gasteiger partial charge in [-0.05, 0) is 22.0 Å². The number of hydrogen-bond acceptors (Lipinski definition) is 2. The van der Waals surface area contributed by atoms with E-state index in [0.717, 1.165) is 11.3 Å². The van der Waals surface area contributed by atoms with Gasteiger partial charge in [0, 0.05) is 9.35 Å². The molecular weight excluding hydrogens is 333 g/mol. The van der Waals surface area contributed by atoms with Crippen LogP contribution in [-0.4, -0.2) is 17.3 Å². The van der Waals surface area contributed by atoms with Crippen molar-refractivity contribution in [3.8, 4) is 0 Å². The molecule has 1 unspecified atom stereocenters. The van der Waals surface area contributed by atoms with Crippen LogP contribution in [-0.2, 0) is 4.79 Å². The Kier molecular flexibility index (Phi) is 4.25. The summed E-state index contributed by atoms with van der Waals surface area (Å²) in [4.78, 5) is 10.3. The van der Waals surface area contributed by atoms with Crippen molar-refractivity contribution in [2.75, 3.05) is 0 Å². The highest BCUT2D eigenvalue weighted by Crippen LogP contribution is 2.44. The zero-order chi connectivity index (χ0) is 12.5. The third-order valence-corrected chi connectivity index (χ3v) is 4.37. The van der Waals surface area contributed by atoms with Gasteiger partial charge in [-0.3, -0.25) is 4.79 Å². The van der Waals surface area contributed by atoms with Crippen LogP contribution in [0.25, 0.3) is 0 Å². The van der Waals surface area contributed by atoms with Gasteiger partial charge in [0.1, 0.15) is 4.34 Å². The average Bonchev–Trinajstić information content (AvgIpc) is 2.40. The van der Waals surface area contributed by atoms with Crippen LogP contribution in [0.5, 0.6) is 0 Å². The van der Waals surface area contributed by atoms with Gasteiger partial charge in [-0.25, -0.2) is 0 Å². The maximum Gasteiger partial charge on any atom is 0.397 e. The lowest BCUT2D eigenvalue weighted by molar-refractivity contribution is -0.162. The van der Waals surface area contributed by atoms with Gasteiger partial charge in [0.25, 0.3) is 0 Å². The van der Waals surface area contributed by atoms with Crippen molar-refractivity contribution in [1.29, 1.82) is 0 Å². The highest BCUT2D eigenvalue weighted by molar-refractivity contribution is 9.10. The molecule has 1 aromatic rings. The van der Waals surface area contributed by atoms with Crippen LogP contribution in [0.2, 0.25) is 4.34 Å². The van der Waals surface area contributed by atoms with Gasteiger partial charge in [0.15, 0.2) is 0 Å². The molecule has 8 heteroatoms. The second kappa shape index (κ2) is 4.93. The van der Waals surface area contributed by atoms with Crippen molar-refractivity contribution >= 4 is 44.8 Å². The highest BCUT2D eigenvalue weighted by atomic mass is 79.9. The minimum atomic E-state index is -4.59. The summed E-state index contributed by atoms with van der Waals surface area (Å²) < 4.78 is 38.3. The predicted octanol–water partition coefficient (Wildman–Crippen LogP) is 4.28. The van der Waals surface area contributed by atoms with Gasteiger partial charge in [-0.2, -0.15) is 13.2 Å². The largest absolute Gasteiger partial charge is 0.481 e. The van der Waals surface area contributed by atoms with Crippen molar-refractivity contribution in [2.45, 2.75) is 18.5 Å². The second-order valence-corrected chi connectivity index (χ2v) is 5.50. The third-order valence-electron chi connectivity index (χ3n) is 1.78. The first-order valence-corrected chi connectivity index (χ1v) is 5.93. The summed E-state index contributed by atoms with van der Waals surface area (Å²) in [5.41, 5.74) is 0. The van der Waals surface area contributed by atoms with Crippen LogP contribution in [0.3, 0.4) is 0 Å². The lowest BCUT2D eigenvalue weighted by Gasteiger charge is -2.16. The zero-order valence-corrected chi connectivity index (χ0v) is 10.7. The number of carboxylic acids is 1. The van der Waals surface area contributed by atoms with Crippen LogP contribution in [0, 0.1) is 0 Å². The molecular formula is C8H5BrClF3O2S. The average molecular weight is 338 g/mol. The van der Waals surface area contributed by atoms with Crippen LogP contribution in [0.4, 0.5) is 13.2 Å². The van der Waals surface area contributed by atoms with Crippen molar-refractivity contribution in [3.05, 3.63) is 19.8 Å². The van der Waals surface area contributed by atoms with E-state index in [9.17, 15) is 18.0 Å². The SMILES string of the molecule is O=C(O)CC(c1cc(Br)c(Cl)s1)C(F)(F)F. The summed E-state index contributed by atoms with van der Waals surface area (Å²) in [6.07, 6.45) is -5.58.